The Morgan fingerprint density at radius 3 is 2.56 bits per heavy atom. The molecule has 0 saturated heterocycles. The van der Waals surface area contributed by atoms with Crippen molar-refractivity contribution in [1.29, 1.82) is 0 Å². The molecule has 0 spiro atoms. The maximum Gasteiger partial charge on any atom is 0.314 e. The molecule has 3 nitrogen and oxygen atoms in total. The smallest absolute Gasteiger partial charge is 0.314 e. The number of benzene rings is 1. The Bertz CT molecular complexity index is 450. The summed E-state index contributed by atoms with van der Waals surface area (Å²) in [5.41, 5.74) is -0.247. The maximum absolute atomic E-state index is 11.8. The maximum atomic E-state index is 11.8. The molecular weight excluding hydrogens is 252 g/mol. The molecule has 0 amide bonds. The second kappa shape index (κ2) is 5.19. The second-order valence-electron chi connectivity index (χ2n) is 4.77. The molecule has 18 heavy (non-hydrogen) atoms. The molecule has 1 aliphatic carbocycles. The molecule has 0 aliphatic heterocycles. The number of carboxylic acid groups (broad SMARTS) is 1. The molecule has 1 aromatic carbocycles. The van der Waals surface area contributed by atoms with Crippen LogP contribution in [-0.4, -0.2) is 18.2 Å². The molecule has 0 bridgehead atoms. The van der Waals surface area contributed by atoms with Gasteiger partial charge in [0.1, 0.15) is 5.75 Å². The van der Waals surface area contributed by atoms with Gasteiger partial charge in [-0.2, -0.15) is 0 Å². The highest BCUT2D eigenvalue weighted by Gasteiger charge is 2.44. The Kier molecular flexibility index (Phi) is 3.81. The van der Waals surface area contributed by atoms with Crippen LogP contribution in [0.5, 0.6) is 5.75 Å². The van der Waals surface area contributed by atoms with Gasteiger partial charge in [0, 0.05) is 10.6 Å². The van der Waals surface area contributed by atoms with E-state index in [4.69, 9.17) is 16.3 Å². The molecule has 1 saturated carbocycles. The summed E-state index contributed by atoms with van der Waals surface area (Å²) in [6.07, 6.45) is 4.17. The average Bonchev–Trinajstić information content (AvgIpc) is 2.39. The number of methoxy groups -OCH3 is 1. The lowest BCUT2D eigenvalue weighted by Crippen LogP contribution is -2.38. The van der Waals surface area contributed by atoms with Crippen molar-refractivity contribution >= 4 is 17.6 Å². The lowest BCUT2D eigenvalue weighted by Gasteiger charge is -2.35. The van der Waals surface area contributed by atoms with E-state index in [1.807, 2.05) is 0 Å². The number of ether oxygens (including phenoxy) is 1. The average molecular weight is 269 g/mol. The van der Waals surface area contributed by atoms with Gasteiger partial charge in [0.25, 0.3) is 0 Å². The minimum atomic E-state index is -0.887. The zero-order valence-corrected chi connectivity index (χ0v) is 11.2. The summed E-state index contributed by atoms with van der Waals surface area (Å²) in [6.45, 7) is 0. The lowest BCUT2D eigenvalue weighted by molar-refractivity contribution is -0.145. The van der Waals surface area contributed by atoms with Crippen LogP contribution in [0.4, 0.5) is 0 Å². The minimum Gasteiger partial charge on any atom is -0.496 e. The third-order valence-corrected chi connectivity index (χ3v) is 4.11. The van der Waals surface area contributed by atoms with E-state index in [1.165, 1.54) is 0 Å². The Morgan fingerprint density at radius 2 is 2.00 bits per heavy atom. The van der Waals surface area contributed by atoms with E-state index in [-0.39, 0.29) is 0 Å². The van der Waals surface area contributed by atoms with Crippen molar-refractivity contribution in [3.8, 4) is 5.75 Å². The van der Waals surface area contributed by atoms with Crippen LogP contribution in [0.1, 0.15) is 37.7 Å². The molecule has 1 fully saturated rings. The predicted molar refractivity (Wildman–Crippen MR) is 70.4 cm³/mol. The molecule has 0 aromatic heterocycles. The largest absolute Gasteiger partial charge is 0.496 e. The van der Waals surface area contributed by atoms with Crippen LogP contribution in [0.3, 0.4) is 0 Å². The van der Waals surface area contributed by atoms with Crippen LogP contribution in [0.25, 0.3) is 0 Å². The van der Waals surface area contributed by atoms with Crippen LogP contribution in [-0.2, 0) is 10.2 Å². The van der Waals surface area contributed by atoms with Gasteiger partial charge >= 0.3 is 5.97 Å². The fraction of sp³-hybridized carbons (Fsp3) is 0.500. The number of carboxylic acids is 1. The third kappa shape index (κ3) is 2.07. The van der Waals surface area contributed by atoms with Crippen molar-refractivity contribution in [3.63, 3.8) is 0 Å². The van der Waals surface area contributed by atoms with Crippen LogP contribution in [0.15, 0.2) is 18.2 Å². The Balaban J connectivity index is 2.58. The topological polar surface area (TPSA) is 46.5 Å². The van der Waals surface area contributed by atoms with Crippen molar-refractivity contribution in [1.82, 2.24) is 0 Å². The van der Waals surface area contributed by atoms with E-state index in [1.54, 1.807) is 25.3 Å². The van der Waals surface area contributed by atoms with Crippen LogP contribution < -0.4 is 4.74 Å². The summed E-state index contributed by atoms with van der Waals surface area (Å²) in [5.74, 6) is -0.222. The summed E-state index contributed by atoms with van der Waals surface area (Å²) in [5, 5.41) is 10.2. The van der Waals surface area contributed by atoms with E-state index in [9.17, 15) is 9.90 Å². The Hall–Kier alpha value is -1.22. The molecule has 0 heterocycles. The molecule has 0 unspecified atom stereocenters. The molecule has 0 atom stereocenters. The summed E-state index contributed by atoms with van der Waals surface area (Å²) in [7, 11) is 1.55. The van der Waals surface area contributed by atoms with Crippen molar-refractivity contribution in [3.05, 3.63) is 28.8 Å². The molecule has 98 valence electrons. The molecule has 1 N–H and O–H groups in total. The number of carbonyl (C=O) groups is 1. The molecule has 2 rings (SSSR count). The highest BCUT2D eigenvalue weighted by molar-refractivity contribution is 6.32. The summed E-state index contributed by atoms with van der Waals surface area (Å²) >= 11 is 6.23. The molecule has 1 aromatic rings. The summed E-state index contributed by atoms with van der Waals surface area (Å²) in [6, 6.07) is 5.29. The highest BCUT2D eigenvalue weighted by atomic mass is 35.5. The number of halogens is 1. The van der Waals surface area contributed by atoms with Gasteiger partial charge < -0.3 is 9.84 Å². The Labute approximate surface area is 112 Å². The lowest BCUT2D eigenvalue weighted by atomic mass is 9.69. The van der Waals surface area contributed by atoms with Crippen molar-refractivity contribution in [2.75, 3.05) is 7.11 Å². The molecular formula is C14H17ClO3. The van der Waals surface area contributed by atoms with E-state index < -0.39 is 11.4 Å². The molecule has 0 radical (unpaired) electrons. The van der Waals surface area contributed by atoms with Crippen LogP contribution >= 0.6 is 11.6 Å². The number of aliphatic carboxylic acids is 1. The zero-order chi connectivity index (χ0) is 13.2. The van der Waals surface area contributed by atoms with Crippen molar-refractivity contribution < 1.29 is 14.6 Å². The first-order valence-corrected chi connectivity index (χ1v) is 6.56. The van der Waals surface area contributed by atoms with Gasteiger partial charge in [0.05, 0.1) is 12.5 Å². The van der Waals surface area contributed by atoms with Gasteiger partial charge in [-0.3, -0.25) is 4.79 Å². The monoisotopic (exact) mass is 268 g/mol. The Morgan fingerprint density at radius 1 is 1.33 bits per heavy atom. The third-order valence-electron chi connectivity index (χ3n) is 3.79. The predicted octanol–water partition coefficient (Wildman–Crippen LogP) is 3.64. The first-order chi connectivity index (χ1) is 8.62. The van der Waals surface area contributed by atoms with Gasteiger partial charge in [-0.15, -0.1) is 0 Å². The summed E-state index contributed by atoms with van der Waals surface area (Å²) < 4.78 is 5.31. The highest BCUT2D eigenvalue weighted by Crippen LogP contribution is 2.46. The van der Waals surface area contributed by atoms with Crippen LogP contribution in [0, 0.1) is 0 Å². The van der Waals surface area contributed by atoms with E-state index in [2.05, 4.69) is 0 Å². The van der Waals surface area contributed by atoms with E-state index in [0.717, 1.165) is 19.3 Å². The van der Waals surface area contributed by atoms with Crippen molar-refractivity contribution in [2.45, 2.75) is 37.5 Å². The first kappa shape index (κ1) is 13.2. The summed E-state index contributed by atoms with van der Waals surface area (Å²) in [4.78, 5) is 11.8. The number of hydrogen-bond acceptors (Lipinski definition) is 2. The second-order valence-corrected chi connectivity index (χ2v) is 5.17. The molecule has 1 aliphatic rings. The van der Waals surface area contributed by atoms with Gasteiger partial charge in [0.2, 0.25) is 0 Å². The minimum absolute atomic E-state index is 0.485. The SMILES string of the molecule is COc1cccc(Cl)c1C1(C(=O)O)CCCCC1. The van der Waals surface area contributed by atoms with Gasteiger partial charge in [-0.1, -0.05) is 36.9 Å². The normalized spacial score (nSPS) is 18.3. The first-order valence-electron chi connectivity index (χ1n) is 6.18. The number of hydrogen-bond donors (Lipinski definition) is 1. The van der Waals surface area contributed by atoms with Crippen LogP contribution in [0.2, 0.25) is 5.02 Å². The van der Waals surface area contributed by atoms with Gasteiger partial charge in [-0.05, 0) is 25.0 Å². The zero-order valence-electron chi connectivity index (χ0n) is 10.4. The van der Waals surface area contributed by atoms with E-state index >= 15 is 0 Å². The van der Waals surface area contributed by atoms with Gasteiger partial charge in [0.15, 0.2) is 0 Å². The van der Waals surface area contributed by atoms with Crippen molar-refractivity contribution in [2.24, 2.45) is 0 Å². The number of rotatable bonds is 3. The quantitative estimate of drug-likeness (QED) is 0.910. The van der Waals surface area contributed by atoms with Gasteiger partial charge in [-0.25, -0.2) is 0 Å². The standard InChI is InChI=1S/C14H17ClO3/c1-18-11-7-5-6-10(15)12(11)14(13(16)17)8-3-2-4-9-14/h5-7H,2-4,8-9H2,1H3,(H,16,17). The fourth-order valence-electron chi connectivity index (χ4n) is 2.86. The fourth-order valence-corrected chi connectivity index (χ4v) is 3.21. The van der Waals surface area contributed by atoms with E-state index in [0.29, 0.717) is 29.2 Å². The molecule has 4 heteroatoms.